The fourth-order valence-electron chi connectivity index (χ4n) is 4.60. The van der Waals surface area contributed by atoms with Crippen LogP contribution >= 0.6 is 23.4 Å². The number of rotatable bonds is 11. The molecule has 0 spiro atoms. The summed E-state index contributed by atoms with van der Waals surface area (Å²) in [6.45, 7) is 1.90. The molecule has 5 rings (SSSR count). The number of ether oxygens (including phenoxy) is 1. The number of anilines is 2. The molecule has 0 aliphatic heterocycles. The van der Waals surface area contributed by atoms with Gasteiger partial charge in [-0.2, -0.15) is 0 Å². The van der Waals surface area contributed by atoms with Crippen molar-refractivity contribution >= 4 is 58.5 Å². The molecule has 0 saturated heterocycles. The van der Waals surface area contributed by atoms with E-state index < -0.39 is 17.1 Å². The van der Waals surface area contributed by atoms with E-state index in [0.717, 1.165) is 16.0 Å². The van der Waals surface area contributed by atoms with Gasteiger partial charge < -0.3 is 20.7 Å². The summed E-state index contributed by atoms with van der Waals surface area (Å²) in [6.07, 6.45) is 1.59. The van der Waals surface area contributed by atoms with E-state index in [0.29, 0.717) is 33.3 Å². The number of thioether (sulfide) groups is 1. The third-order valence-electron chi connectivity index (χ3n) is 7.06. The molecule has 7 nitrogen and oxygen atoms in total. The summed E-state index contributed by atoms with van der Waals surface area (Å²) in [4.78, 5) is 41.1. The first-order chi connectivity index (χ1) is 22.8. The zero-order chi connectivity index (χ0) is 33.2. The standard InChI is InChI=1S/C38H32ClN3O4S/c1-25-19-20-30(24-33(25)39)41-38(45)35(27-12-5-3-6-13-27)47-32-18-10-16-29(23-32)40-37(44)34(22-26-11-9-17-31(21-26)46-2)42-36(43)28-14-7-4-8-15-28/h3-24,35H,1-2H3,(H,40,44)(H,41,45)(H,42,43)/b34-22-. The van der Waals surface area contributed by atoms with Crippen molar-refractivity contribution in [3.8, 4) is 5.75 Å². The van der Waals surface area contributed by atoms with Crippen LogP contribution in [0.25, 0.3) is 6.08 Å². The fraction of sp³-hybridized carbons (Fsp3) is 0.0789. The van der Waals surface area contributed by atoms with Crippen molar-refractivity contribution in [2.75, 3.05) is 17.7 Å². The maximum atomic E-state index is 13.6. The average molecular weight is 662 g/mol. The summed E-state index contributed by atoms with van der Waals surface area (Å²) in [7, 11) is 1.56. The third-order valence-corrected chi connectivity index (χ3v) is 8.71. The van der Waals surface area contributed by atoms with Gasteiger partial charge in [-0.3, -0.25) is 14.4 Å². The number of hydrogen-bond acceptors (Lipinski definition) is 5. The minimum absolute atomic E-state index is 0.0449. The molecule has 0 fully saturated rings. The van der Waals surface area contributed by atoms with Crippen LogP contribution in [0.4, 0.5) is 11.4 Å². The Bertz CT molecular complexity index is 1920. The van der Waals surface area contributed by atoms with Crippen LogP contribution in [-0.2, 0) is 9.59 Å². The molecule has 47 heavy (non-hydrogen) atoms. The molecule has 0 aliphatic carbocycles. The quantitative estimate of drug-likeness (QED) is 0.0974. The molecule has 1 atom stereocenters. The third kappa shape index (κ3) is 9.13. The van der Waals surface area contributed by atoms with Crippen LogP contribution in [0, 0.1) is 6.92 Å². The first kappa shape index (κ1) is 33.1. The first-order valence-corrected chi connectivity index (χ1v) is 16.0. The Hall–Kier alpha value is -5.31. The van der Waals surface area contributed by atoms with Crippen molar-refractivity contribution in [3.63, 3.8) is 0 Å². The van der Waals surface area contributed by atoms with Gasteiger partial charge in [-0.05, 0) is 84.3 Å². The SMILES string of the molecule is COc1cccc(/C=C(\NC(=O)c2ccccc2)C(=O)Nc2cccc(SC(C(=O)Nc3ccc(C)c(Cl)c3)c3ccccc3)c2)c1. The Labute approximate surface area is 283 Å². The maximum Gasteiger partial charge on any atom is 0.272 e. The van der Waals surface area contributed by atoms with E-state index in [-0.39, 0.29) is 11.6 Å². The van der Waals surface area contributed by atoms with Gasteiger partial charge >= 0.3 is 0 Å². The number of nitrogens with one attached hydrogen (secondary N) is 3. The van der Waals surface area contributed by atoms with Gasteiger partial charge in [0.15, 0.2) is 0 Å². The van der Waals surface area contributed by atoms with E-state index in [2.05, 4.69) is 16.0 Å². The highest BCUT2D eigenvalue weighted by Gasteiger charge is 2.23. The van der Waals surface area contributed by atoms with Crippen LogP contribution in [-0.4, -0.2) is 24.8 Å². The van der Waals surface area contributed by atoms with Gasteiger partial charge in [0, 0.05) is 26.9 Å². The van der Waals surface area contributed by atoms with Crippen molar-refractivity contribution in [2.45, 2.75) is 17.1 Å². The van der Waals surface area contributed by atoms with Gasteiger partial charge in [0.2, 0.25) is 5.91 Å². The zero-order valence-electron chi connectivity index (χ0n) is 25.7. The molecular formula is C38H32ClN3O4S. The molecule has 0 aliphatic rings. The predicted octanol–water partition coefficient (Wildman–Crippen LogP) is 8.54. The number of amides is 3. The van der Waals surface area contributed by atoms with Gasteiger partial charge in [0.05, 0.1) is 7.11 Å². The Morgan fingerprint density at radius 2 is 1.47 bits per heavy atom. The molecule has 5 aromatic rings. The van der Waals surface area contributed by atoms with Crippen molar-refractivity contribution in [3.05, 3.63) is 160 Å². The molecule has 0 bridgehead atoms. The molecular weight excluding hydrogens is 630 g/mol. The zero-order valence-corrected chi connectivity index (χ0v) is 27.3. The molecule has 3 amide bonds. The van der Waals surface area contributed by atoms with E-state index in [9.17, 15) is 14.4 Å². The number of carbonyl (C=O) groups excluding carboxylic acids is 3. The largest absolute Gasteiger partial charge is 0.497 e. The molecule has 0 aromatic heterocycles. The number of methoxy groups -OCH3 is 1. The topological polar surface area (TPSA) is 96.5 Å². The molecule has 236 valence electrons. The number of aryl methyl sites for hydroxylation is 1. The van der Waals surface area contributed by atoms with Crippen LogP contribution in [0.15, 0.2) is 138 Å². The van der Waals surface area contributed by atoms with Crippen molar-refractivity contribution < 1.29 is 19.1 Å². The van der Waals surface area contributed by atoms with Crippen LogP contribution < -0.4 is 20.7 Å². The smallest absolute Gasteiger partial charge is 0.272 e. The molecule has 9 heteroatoms. The highest BCUT2D eigenvalue weighted by molar-refractivity contribution is 8.00. The second kappa shape index (κ2) is 15.8. The molecule has 0 saturated carbocycles. The Morgan fingerprint density at radius 3 is 2.19 bits per heavy atom. The Balaban J connectivity index is 1.38. The highest BCUT2D eigenvalue weighted by Crippen LogP contribution is 2.37. The minimum atomic E-state index is -0.601. The molecule has 5 aromatic carbocycles. The lowest BCUT2D eigenvalue weighted by molar-refractivity contribution is -0.116. The van der Waals surface area contributed by atoms with Crippen molar-refractivity contribution in [1.82, 2.24) is 5.32 Å². The number of halogens is 1. The fourth-order valence-corrected chi connectivity index (χ4v) is 5.87. The van der Waals surface area contributed by atoms with Gasteiger partial charge in [0.25, 0.3) is 11.8 Å². The van der Waals surface area contributed by atoms with Crippen LogP contribution in [0.3, 0.4) is 0 Å². The minimum Gasteiger partial charge on any atom is -0.497 e. The van der Waals surface area contributed by atoms with Crippen LogP contribution in [0.2, 0.25) is 5.02 Å². The van der Waals surface area contributed by atoms with E-state index in [1.807, 2.05) is 61.5 Å². The van der Waals surface area contributed by atoms with E-state index >= 15 is 0 Å². The van der Waals surface area contributed by atoms with Crippen molar-refractivity contribution in [1.29, 1.82) is 0 Å². The monoisotopic (exact) mass is 661 g/mol. The molecule has 0 heterocycles. The van der Waals surface area contributed by atoms with Crippen LogP contribution in [0.1, 0.15) is 32.3 Å². The average Bonchev–Trinajstić information content (AvgIpc) is 3.09. The lowest BCUT2D eigenvalue weighted by Gasteiger charge is -2.18. The second-order valence-corrected chi connectivity index (χ2v) is 12.1. The molecule has 3 N–H and O–H groups in total. The van der Waals surface area contributed by atoms with Gasteiger partial charge in [-0.1, -0.05) is 84.4 Å². The number of benzene rings is 5. The lowest BCUT2D eigenvalue weighted by Crippen LogP contribution is -2.30. The summed E-state index contributed by atoms with van der Waals surface area (Å²) < 4.78 is 5.33. The van der Waals surface area contributed by atoms with Crippen LogP contribution in [0.5, 0.6) is 5.75 Å². The molecule has 0 radical (unpaired) electrons. The highest BCUT2D eigenvalue weighted by atomic mass is 35.5. The predicted molar refractivity (Wildman–Crippen MR) is 190 cm³/mol. The number of carbonyl (C=O) groups is 3. The Morgan fingerprint density at radius 1 is 0.766 bits per heavy atom. The van der Waals surface area contributed by atoms with E-state index in [1.54, 1.807) is 86.0 Å². The first-order valence-electron chi connectivity index (χ1n) is 14.7. The molecule has 1 unspecified atom stereocenters. The maximum absolute atomic E-state index is 13.6. The van der Waals surface area contributed by atoms with Crippen molar-refractivity contribution in [2.24, 2.45) is 0 Å². The second-order valence-electron chi connectivity index (χ2n) is 10.5. The lowest BCUT2D eigenvalue weighted by atomic mass is 10.1. The van der Waals surface area contributed by atoms with Gasteiger partial charge in [0.1, 0.15) is 16.7 Å². The number of hydrogen-bond donors (Lipinski definition) is 3. The summed E-state index contributed by atoms with van der Waals surface area (Å²) in [5.74, 6) is -0.554. The summed E-state index contributed by atoms with van der Waals surface area (Å²) in [6, 6.07) is 37.9. The van der Waals surface area contributed by atoms with Gasteiger partial charge in [-0.25, -0.2) is 0 Å². The summed E-state index contributed by atoms with van der Waals surface area (Å²) in [5, 5.41) is 8.60. The Kier molecular flexibility index (Phi) is 11.1. The van der Waals surface area contributed by atoms with E-state index in [1.165, 1.54) is 11.8 Å². The van der Waals surface area contributed by atoms with Gasteiger partial charge in [-0.15, -0.1) is 11.8 Å². The summed E-state index contributed by atoms with van der Waals surface area (Å²) >= 11 is 7.65. The normalized spacial score (nSPS) is 11.7. The van der Waals surface area contributed by atoms with E-state index in [4.69, 9.17) is 16.3 Å². The summed E-state index contributed by atoms with van der Waals surface area (Å²) in [5.41, 5.74) is 3.94.